The number of carbonyl (C=O) groups excluding carboxylic acids is 1. The highest BCUT2D eigenvalue weighted by atomic mass is 16.1. The van der Waals surface area contributed by atoms with Gasteiger partial charge < -0.3 is 10.3 Å². The van der Waals surface area contributed by atoms with Crippen LogP contribution in [0.2, 0.25) is 0 Å². The molecule has 1 heterocycles. The number of aryl methyl sites for hydroxylation is 1. The number of aromatic nitrogens is 1. The third-order valence-electron chi connectivity index (χ3n) is 5.31. The van der Waals surface area contributed by atoms with Crippen LogP contribution in [-0.2, 0) is 11.2 Å². The number of carbonyl (C=O) groups is 1. The fourth-order valence-electron chi connectivity index (χ4n) is 3.73. The molecule has 3 nitrogen and oxygen atoms in total. The number of benzene rings is 3. The Morgan fingerprint density at radius 2 is 1.64 bits per heavy atom. The SMILES string of the molecule is Cc1ccccc1CC(=O)NCC(c1ccccc1)c1c[nH]c2ccccc12. The number of hydrogen-bond acceptors (Lipinski definition) is 1. The number of rotatable bonds is 6. The van der Waals surface area contributed by atoms with Crippen molar-refractivity contribution in [3.63, 3.8) is 0 Å². The standard InChI is InChI=1S/C25H24N2O/c1-18-9-5-6-12-20(18)15-25(28)27-16-22(19-10-3-2-4-11-19)23-17-26-24-14-8-7-13-21(23)24/h2-14,17,22,26H,15-16H2,1H3,(H,27,28). The van der Waals surface area contributed by atoms with Crippen LogP contribution in [-0.4, -0.2) is 17.4 Å². The van der Waals surface area contributed by atoms with E-state index in [2.05, 4.69) is 46.8 Å². The van der Waals surface area contributed by atoms with Crippen LogP contribution in [0.1, 0.15) is 28.2 Å². The second kappa shape index (κ2) is 8.13. The maximum Gasteiger partial charge on any atom is 0.224 e. The van der Waals surface area contributed by atoms with E-state index in [4.69, 9.17) is 0 Å². The second-order valence-corrected chi connectivity index (χ2v) is 7.16. The quantitative estimate of drug-likeness (QED) is 0.496. The van der Waals surface area contributed by atoms with Gasteiger partial charge in [0.25, 0.3) is 0 Å². The van der Waals surface area contributed by atoms with Crippen LogP contribution in [0.3, 0.4) is 0 Å². The van der Waals surface area contributed by atoms with Gasteiger partial charge in [-0.1, -0.05) is 72.8 Å². The van der Waals surface area contributed by atoms with Crippen LogP contribution in [0.4, 0.5) is 0 Å². The lowest BCUT2D eigenvalue weighted by atomic mass is 9.91. The van der Waals surface area contributed by atoms with Crippen molar-refractivity contribution in [2.24, 2.45) is 0 Å². The van der Waals surface area contributed by atoms with Gasteiger partial charge in [0.05, 0.1) is 6.42 Å². The van der Waals surface area contributed by atoms with Crippen molar-refractivity contribution in [1.29, 1.82) is 0 Å². The molecular formula is C25H24N2O. The van der Waals surface area contributed by atoms with E-state index >= 15 is 0 Å². The molecule has 0 radical (unpaired) electrons. The van der Waals surface area contributed by atoms with Crippen molar-refractivity contribution >= 4 is 16.8 Å². The highest BCUT2D eigenvalue weighted by Crippen LogP contribution is 2.30. The summed E-state index contributed by atoms with van der Waals surface area (Å²) >= 11 is 0. The van der Waals surface area contributed by atoms with Gasteiger partial charge in [-0.3, -0.25) is 4.79 Å². The highest BCUT2D eigenvalue weighted by Gasteiger charge is 2.19. The van der Waals surface area contributed by atoms with E-state index in [1.807, 2.05) is 55.5 Å². The Bertz CT molecular complexity index is 1080. The van der Waals surface area contributed by atoms with Gasteiger partial charge in [0.15, 0.2) is 0 Å². The Hall–Kier alpha value is -3.33. The first-order valence-corrected chi connectivity index (χ1v) is 9.64. The Morgan fingerprint density at radius 3 is 2.46 bits per heavy atom. The molecule has 3 heteroatoms. The first-order valence-electron chi connectivity index (χ1n) is 9.64. The maximum absolute atomic E-state index is 12.6. The number of H-pyrrole nitrogens is 1. The van der Waals surface area contributed by atoms with Gasteiger partial charge in [-0.2, -0.15) is 0 Å². The summed E-state index contributed by atoms with van der Waals surface area (Å²) in [4.78, 5) is 16.0. The molecule has 0 aliphatic rings. The lowest BCUT2D eigenvalue weighted by Crippen LogP contribution is -2.30. The van der Waals surface area contributed by atoms with E-state index in [9.17, 15) is 4.79 Å². The minimum Gasteiger partial charge on any atom is -0.361 e. The summed E-state index contributed by atoms with van der Waals surface area (Å²) in [5.41, 5.74) is 5.74. The van der Waals surface area contributed by atoms with Crippen LogP contribution in [0.15, 0.2) is 85.1 Å². The van der Waals surface area contributed by atoms with E-state index < -0.39 is 0 Å². The highest BCUT2D eigenvalue weighted by molar-refractivity contribution is 5.84. The summed E-state index contributed by atoms with van der Waals surface area (Å²) in [5.74, 6) is 0.147. The number of fused-ring (bicyclic) bond motifs is 1. The molecule has 0 spiro atoms. The van der Waals surface area contributed by atoms with Gasteiger partial charge in [-0.25, -0.2) is 0 Å². The summed E-state index contributed by atoms with van der Waals surface area (Å²) in [7, 11) is 0. The molecule has 2 N–H and O–H groups in total. The normalized spacial score (nSPS) is 12.0. The largest absolute Gasteiger partial charge is 0.361 e. The first kappa shape index (κ1) is 18.1. The summed E-state index contributed by atoms with van der Waals surface area (Å²) in [5, 5.41) is 4.36. The fourth-order valence-corrected chi connectivity index (χ4v) is 3.73. The van der Waals surface area contributed by atoms with Gasteiger partial charge >= 0.3 is 0 Å². The van der Waals surface area contributed by atoms with E-state index in [-0.39, 0.29) is 11.8 Å². The molecule has 1 unspecified atom stereocenters. The third-order valence-corrected chi connectivity index (χ3v) is 5.31. The van der Waals surface area contributed by atoms with Crippen molar-refractivity contribution in [3.05, 3.63) is 107 Å². The van der Waals surface area contributed by atoms with Crippen molar-refractivity contribution in [2.45, 2.75) is 19.3 Å². The van der Waals surface area contributed by atoms with Crippen molar-refractivity contribution in [2.75, 3.05) is 6.54 Å². The zero-order chi connectivity index (χ0) is 19.3. The van der Waals surface area contributed by atoms with Gasteiger partial charge in [-0.15, -0.1) is 0 Å². The number of amides is 1. The molecule has 0 bridgehead atoms. The molecule has 4 rings (SSSR count). The van der Waals surface area contributed by atoms with Gasteiger partial charge in [0, 0.05) is 29.6 Å². The summed E-state index contributed by atoms with van der Waals surface area (Å²) in [6, 6.07) is 26.7. The molecule has 0 saturated heterocycles. The number of nitrogens with one attached hydrogen (secondary N) is 2. The van der Waals surface area contributed by atoms with Crippen LogP contribution < -0.4 is 5.32 Å². The average Bonchev–Trinajstić information content (AvgIpc) is 3.15. The number of aromatic amines is 1. The Kier molecular flexibility index (Phi) is 5.24. The van der Waals surface area contributed by atoms with Crippen LogP contribution in [0, 0.1) is 6.92 Å². The minimum atomic E-state index is 0.0510. The molecule has 3 aromatic carbocycles. The first-order chi connectivity index (χ1) is 13.7. The molecule has 0 fully saturated rings. The smallest absolute Gasteiger partial charge is 0.224 e. The maximum atomic E-state index is 12.6. The molecule has 4 aromatic rings. The van der Waals surface area contributed by atoms with E-state index in [0.29, 0.717) is 13.0 Å². The van der Waals surface area contributed by atoms with Gasteiger partial charge in [-0.05, 0) is 35.2 Å². The second-order valence-electron chi connectivity index (χ2n) is 7.16. The molecule has 1 atom stereocenters. The predicted molar refractivity (Wildman–Crippen MR) is 114 cm³/mol. The lowest BCUT2D eigenvalue weighted by molar-refractivity contribution is -0.120. The van der Waals surface area contributed by atoms with Crippen LogP contribution in [0.25, 0.3) is 10.9 Å². The minimum absolute atomic E-state index is 0.0510. The van der Waals surface area contributed by atoms with Gasteiger partial charge in [0.1, 0.15) is 0 Å². The molecule has 0 aliphatic carbocycles. The van der Waals surface area contributed by atoms with Crippen molar-refractivity contribution in [3.8, 4) is 0 Å². The van der Waals surface area contributed by atoms with E-state index in [1.54, 1.807) is 0 Å². The molecule has 0 aliphatic heterocycles. The van der Waals surface area contributed by atoms with E-state index in [0.717, 1.165) is 16.6 Å². The zero-order valence-electron chi connectivity index (χ0n) is 16.0. The van der Waals surface area contributed by atoms with Gasteiger partial charge in [0.2, 0.25) is 5.91 Å². The Labute approximate surface area is 165 Å². The molecule has 140 valence electrons. The molecule has 1 aromatic heterocycles. The Balaban J connectivity index is 1.57. The molecular weight excluding hydrogens is 344 g/mol. The average molecular weight is 368 g/mol. The zero-order valence-corrected chi connectivity index (χ0v) is 16.0. The summed E-state index contributed by atoms with van der Waals surface area (Å²) in [6.45, 7) is 2.61. The molecule has 1 amide bonds. The number of para-hydroxylation sites is 1. The monoisotopic (exact) mass is 368 g/mol. The number of hydrogen-bond donors (Lipinski definition) is 2. The summed E-state index contributed by atoms with van der Waals surface area (Å²) in [6.07, 6.45) is 2.47. The van der Waals surface area contributed by atoms with Crippen LogP contribution >= 0.6 is 0 Å². The Morgan fingerprint density at radius 1 is 0.929 bits per heavy atom. The van der Waals surface area contributed by atoms with Crippen molar-refractivity contribution in [1.82, 2.24) is 10.3 Å². The fraction of sp³-hybridized carbons (Fsp3) is 0.160. The predicted octanol–water partition coefficient (Wildman–Crippen LogP) is 4.97. The van der Waals surface area contributed by atoms with Crippen molar-refractivity contribution < 1.29 is 4.79 Å². The van der Waals surface area contributed by atoms with E-state index in [1.165, 1.54) is 16.5 Å². The molecule has 28 heavy (non-hydrogen) atoms. The van der Waals surface area contributed by atoms with Crippen LogP contribution in [0.5, 0.6) is 0 Å². The topological polar surface area (TPSA) is 44.9 Å². The summed E-state index contributed by atoms with van der Waals surface area (Å²) < 4.78 is 0. The lowest BCUT2D eigenvalue weighted by Gasteiger charge is -2.18. The third kappa shape index (κ3) is 3.84. The molecule has 0 saturated carbocycles.